The second-order valence-corrected chi connectivity index (χ2v) is 6.70. The zero-order valence-corrected chi connectivity index (χ0v) is 15.1. The summed E-state index contributed by atoms with van der Waals surface area (Å²) in [4.78, 5) is 29.2. The summed E-state index contributed by atoms with van der Waals surface area (Å²) in [5, 5.41) is 7.52. The fraction of sp³-hybridized carbons (Fsp3) is 0.368. The van der Waals surface area contributed by atoms with Crippen molar-refractivity contribution >= 4 is 16.9 Å². The maximum atomic E-state index is 12.7. The lowest BCUT2D eigenvalue weighted by molar-refractivity contribution is -0.122. The first-order chi connectivity index (χ1) is 13.1. The van der Waals surface area contributed by atoms with E-state index in [1.165, 1.54) is 17.1 Å². The van der Waals surface area contributed by atoms with Crippen LogP contribution in [0.3, 0.4) is 0 Å². The summed E-state index contributed by atoms with van der Waals surface area (Å²) in [6, 6.07) is 7.76. The van der Waals surface area contributed by atoms with Gasteiger partial charge < -0.3 is 10.1 Å². The Morgan fingerprint density at radius 1 is 1.37 bits per heavy atom. The molecule has 0 bridgehead atoms. The van der Waals surface area contributed by atoms with E-state index >= 15 is 0 Å². The van der Waals surface area contributed by atoms with Gasteiger partial charge in [-0.2, -0.15) is 5.10 Å². The van der Waals surface area contributed by atoms with E-state index in [9.17, 15) is 9.59 Å². The molecule has 8 heteroatoms. The van der Waals surface area contributed by atoms with Crippen LogP contribution in [0.15, 0.2) is 41.6 Å². The number of fused-ring (bicyclic) bond motifs is 1. The highest BCUT2D eigenvalue weighted by Crippen LogP contribution is 2.17. The Labute approximate surface area is 155 Å². The second-order valence-electron chi connectivity index (χ2n) is 6.70. The van der Waals surface area contributed by atoms with Gasteiger partial charge in [-0.25, -0.2) is 9.67 Å². The molecule has 4 rings (SSSR count). The molecule has 1 aliphatic rings. The molecule has 140 valence electrons. The fourth-order valence-corrected chi connectivity index (χ4v) is 3.28. The first-order valence-electron chi connectivity index (χ1n) is 9.01. The summed E-state index contributed by atoms with van der Waals surface area (Å²) in [5.74, 6) is -0.236. The smallest absolute Gasteiger partial charge is 0.264 e. The number of carbonyl (C=O) groups is 1. The Morgan fingerprint density at radius 2 is 2.22 bits per heavy atom. The summed E-state index contributed by atoms with van der Waals surface area (Å²) in [6.45, 7) is 3.10. The van der Waals surface area contributed by atoms with Crippen molar-refractivity contribution in [3.05, 3.63) is 52.7 Å². The average Bonchev–Trinajstić information content (AvgIpc) is 3.33. The minimum Gasteiger partial charge on any atom is -0.376 e. The highest BCUT2D eigenvalue weighted by atomic mass is 16.5. The van der Waals surface area contributed by atoms with Crippen LogP contribution in [-0.4, -0.2) is 44.5 Å². The first-order valence-corrected chi connectivity index (χ1v) is 9.01. The molecule has 0 unspecified atom stereocenters. The van der Waals surface area contributed by atoms with Crippen molar-refractivity contribution < 1.29 is 9.53 Å². The number of amides is 1. The van der Waals surface area contributed by atoms with E-state index in [0.29, 0.717) is 17.6 Å². The number of hydrogen-bond donors (Lipinski definition) is 1. The van der Waals surface area contributed by atoms with E-state index in [-0.39, 0.29) is 24.1 Å². The normalized spacial score (nSPS) is 16.7. The predicted octanol–water partition coefficient (Wildman–Crippen LogP) is 1.19. The maximum Gasteiger partial charge on any atom is 0.264 e. The number of carbonyl (C=O) groups excluding carboxylic acids is 1. The lowest BCUT2D eigenvalue weighted by Gasteiger charge is -2.11. The number of aromatic nitrogens is 4. The topological polar surface area (TPSA) is 91.0 Å². The van der Waals surface area contributed by atoms with Gasteiger partial charge in [0, 0.05) is 13.2 Å². The lowest BCUT2D eigenvalue weighted by Crippen LogP contribution is -2.36. The Balaban J connectivity index is 1.55. The first kappa shape index (κ1) is 17.4. The van der Waals surface area contributed by atoms with Crippen LogP contribution in [0, 0.1) is 6.92 Å². The third-order valence-electron chi connectivity index (χ3n) is 4.76. The molecular weight excluding hydrogens is 346 g/mol. The highest BCUT2D eigenvalue weighted by molar-refractivity contribution is 5.78. The molecule has 27 heavy (non-hydrogen) atoms. The molecule has 3 aromatic rings. The number of benzene rings is 1. The monoisotopic (exact) mass is 367 g/mol. The minimum absolute atomic E-state index is 0.0682. The van der Waals surface area contributed by atoms with Crippen molar-refractivity contribution in [2.45, 2.75) is 32.4 Å². The van der Waals surface area contributed by atoms with Crippen LogP contribution < -0.4 is 10.9 Å². The van der Waals surface area contributed by atoms with E-state index < -0.39 is 0 Å². The highest BCUT2D eigenvalue weighted by Gasteiger charge is 2.17. The fourth-order valence-electron chi connectivity index (χ4n) is 3.28. The summed E-state index contributed by atoms with van der Waals surface area (Å²) in [7, 11) is 0. The predicted molar refractivity (Wildman–Crippen MR) is 99.8 cm³/mol. The van der Waals surface area contributed by atoms with Crippen molar-refractivity contribution in [2.24, 2.45) is 0 Å². The van der Waals surface area contributed by atoms with E-state index in [1.807, 2.05) is 31.2 Å². The molecule has 3 heterocycles. The Morgan fingerprint density at radius 3 is 3.00 bits per heavy atom. The molecule has 1 saturated heterocycles. The molecule has 1 amide bonds. The van der Waals surface area contributed by atoms with Gasteiger partial charge in [-0.15, -0.1) is 0 Å². The Hall–Kier alpha value is -3.00. The van der Waals surface area contributed by atoms with Crippen molar-refractivity contribution in [2.75, 3.05) is 13.2 Å². The SMILES string of the molecule is Cc1ccccc1-n1ncc2c(=O)n(CC(=O)NC[C@@H]3CCCO3)cnc21. The van der Waals surface area contributed by atoms with Crippen LogP contribution in [0.1, 0.15) is 18.4 Å². The molecule has 0 aliphatic carbocycles. The second kappa shape index (κ2) is 7.32. The summed E-state index contributed by atoms with van der Waals surface area (Å²) in [6.07, 6.45) is 4.93. The van der Waals surface area contributed by atoms with Crippen molar-refractivity contribution in [1.29, 1.82) is 0 Å². The van der Waals surface area contributed by atoms with Crippen LogP contribution in [-0.2, 0) is 16.1 Å². The molecule has 1 aliphatic heterocycles. The zero-order valence-electron chi connectivity index (χ0n) is 15.1. The van der Waals surface area contributed by atoms with E-state index in [0.717, 1.165) is 30.7 Å². The summed E-state index contributed by atoms with van der Waals surface area (Å²) < 4.78 is 8.43. The molecule has 2 aromatic heterocycles. The number of rotatable bonds is 5. The van der Waals surface area contributed by atoms with Crippen LogP contribution >= 0.6 is 0 Å². The molecule has 1 atom stereocenters. The van der Waals surface area contributed by atoms with Gasteiger partial charge in [-0.1, -0.05) is 18.2 Å². The summed E-state index contributed by atoms with van der Waals surface area (Å²) in [5.41, 5.74) is 2.09. The van der Waals surface area contributed by atoms with Crippen molar-refractivity contribution in [1.82, 2.24) is 24.6 Å². The zero-order chi connectivity index (χ0) is 18.8. The molecule has 0 saturated carbocycles. The van der Waals surface area contributed by atoms with Crippen LogP contribution in [0.25, 0.3) is 16.7 Å². The molecule has 1 N–H and O–H groups in total. The molecule has 8 nitrogen and oxygen atoms in total. The Bertz CT molecular complexity index is 1030. The largest absolute Gasteiger partial charge is 0.376 e. The van der Waals surface area contributed by atoms with Gasteiger partial charge in [0.25, 0.3) is 5.56 Å². The van der Waals surface area contributed by atoms with Gasteiger partial charge >= 0.3 is 0 Å². The number of ether oxygens (including phenoxy) is 1. The van der Waals surface area contributed by atoms with Gasteiger partial charge in [0.2, 0.25) is 5.91 Å². The third kappa shape index (κ3) is 3.48. The lowest BCUT2D eigenvalue weighted by atomic mass is 10.2. The van der Waals surface area contributed by atoms with Crippen LogP contribution in [0.5, 0.6) is 0 Å². The average molecular weight is 367 g/mol. The molecule has 0 spiro atoms. The maximum absolute atomic E-state index is 12.7. The molecular formula is C19H21N5O3. The summed E-state index contributed by atoms with van der Waals surface area (Å²) >= 11 is 0. The standard InChI is InChI=1S/C19H21N5O3/c1-13-5-2-3-7-16(13)24-18-15(10-22-24)19(26)23(12-21-18)11-17(25)20-9-14-6-4-8-27-14/h2-3,5,7,10,12,14H,4,6,8-9,11H2,1H3,(H,20,25)/t14-/m0/s1. The molecule has 1 aromatic carbocycles. The van der Waals surface area contributed by atoms with Crippen molar-refractivity contribution in [3.8, 4) is 5.69 Å². The Kier molecular flexibility index (Phi) is 4.72. The minimum atomic E-state index is -0.285. The number of hydrogen-bond acceptors (Lipinski definition) is 5. The molecule has 1 fully saturated rings. The number of nitrogens with one attached hydrogen (secondary N) is 1. The number of aryl methyl sites for hydroxylation is 1. The van der Waals surface area contributed by atoms with Gasteiger partial charge in [-0.05, 0) is 31.4 Å². The van der Waals surface area contributed by atoms with Gasteiger partial charge in [0.15, 0.2) is 5.65 Å². The third-order valence-corrected chi connectivity index (χ3v) is 4.76. The van der Waals surface area contributed by atoms with Gasteiger partial charge in [0.05, 0.1) is 18.0 Å². The van der Waals surface area contributed by atoms with Crippen LogP contribution in [0.4, 0.5) is 0 Å². The number of para-hydroxylation sites is 1. The molecule has 0 radical (unpaired) electrons. The number of nitrogens with zero attached hydrogens (tertiary/aromatic N) is 4. The van der Waals surface area contributed by atoms with Crippen LogP contribution in [0.2, 0.25) is 0 Å². The van der Waals surface area contributed by atoms with Gasteiger partial charge in [-0.3, -0.25) is 14.2 Å². The van der Waals surface area contributed by atoms with E-state index in [1.54, 1.807) is 4.68 Å². The van der Waals surface area contributed by atoms with Gasteiger partial charge in [0.1, 0.15) is 18.3 Å². The van der Waals surface area contributed by atoms with Crippen molar-refractivity contribution in [3.63, 3.8) is 0 Å². The van der Waals surface area contributed by atoms with E-state index in [4.69, 9.17) is 4.74 Å². The van der Waals surface area contributed by atoms with E-state index in [2.05, 4.69) is 15.4 Å². The quantitative estimate of drug-likeness (QED) is 0.731.